The molecule has 0 saturated carbocycles. The minimum absolute atomic E-state index is 0.0979. The lowest BCUT2D eigenvalue weighted by Crippen LogP contribution is -2.13. The van der Waals surface area contributed by atoms with Crippen molar-refractivity contribution >= 4 is 23.5 Å². The summed E-state index contributed by atoms with van der Waals surface area (Å²) in [5, 5.41) is 2.73. The lowest BCUT2D eigenvalue weighted by molar-refractivity contribution is 0.0443. The highest BCUT2D eigenvalue weighted by molar-refractivity contribution is 6.16. The highest BCUT2D eigenvalue weighted by atomic mass is 16.6. The molecule has 0 bridgehead atoms. The van der Waals surface area contributed by atoms with Gasteiger partial charge in [-0.3, -0.25) is 4.79 Å². The summed E-state index contributed by atoms with van der Waals surface area (Å²) < 4.78 is 9.95. The number of esters is 2. The summed E-state index contributed by atoms with van der Waals surface area (Å²) in [6.45, 7) is 2.32. The Labute approximate surface area is 132 Å². The van der Waals surface area contributed by atoms with Crippen molar-refractivity contribution in [3.63, 3.8) is 0 Å². The van der Waals surface area contributed by atoms with E-state index >= 15 is 0 Å². The summed E-state index contributed by atoms with van der Waals surface area (Å²) in [4.78, 5) is 35.3. The first-order valence-corrected chi connectivity index (χ1v) is 7.04. The average molecular weight is 311 g/mol. The fourth-order valence-electron chi connectivity index (χ4n) is 2.27. The molecule has 2 aromatic rings. The maximum absolute atomic E-state index is 12.4. The summed E-state index contributed by atoms with van der Waals surface area (Å²) in [5.74, 6) is -1.29. The molecular weight excluding hydrogens is 298 g/mol. The Morgan fingerprint density at radius 3 is 2.61 bits per heavy atom. The summed E-state index contributed by atoms with van der Waals surface area (Å²) >= 11 is 0. The molecule has 0 spiro atoms. The first-order chi connectivity index (χ1) is 11.1. The summed E-state index contributed by atoms with van der Waals surface area (Å²) in [5.41, 5.74) is 1.04. The van der Waals surface area contributed by atoms with Gasteiger partial charge in [0.15, 0.2) is 0 Å². The molecule has 0 atom stereocenters. The number of hydrogen-bond donors (Lipinski definition) is 1. The molecule has 1 aliphatic heterocycles. The van der Waals surface area contributed by atoms with Crippen LogP contribution < -0.4 is 10.1 Å². The van der Waals surface area contributed by atoms with Gasteiger partial charge in [0.25, 0.3) is 5.91 Å². The number of hydrogen-bond acceptors (Lipinski definition) is 5. The van der Waals surface area contributed by atoms with E-state index in [1.807, 2.05) is 6.92 Å². The van der Waals surface area contributed by atoms with Gasteiger partial charge in [0.1, 0.15) is 5.75 Å². The van der Waals surface area contributed by atoms with Gasteiger partial charge in [-0.05, 0) is 37.3 Å². The van der Waals surface area contributed by atoms with Crippen LogP contribution in [0.15, 0.2) is 42.5 Å². The number of amides is 1. The highest BCUT2D eigenvalue weighted by Crippen LogP contribution is 2.25. The molecule has 6 heteroatoms. The van der Waals surface area contributed by atoms with Crippen LogP contribution in [0.25, 0.3) is 0 Å². The van der Waals surface area contributed by atoms with E-state index in [4.69, 9.17) is 4.74 Å². The van der Waals surface area contributed by atoms with E-state index in [-0.39, 0.29) is 16.7 Å². The minimum Gasteiger partial charge on any atom is -0.492 e. The fraction of sp³-hybridized carbons (Fsp3) is 0.118. The molecular formula is C17H13NO5. The molecule has 0 aromatic heterocycles. The molecule has 23 heavy (non-hydrogen) atoms. The molecule has 6 nitrogen and oxygen atoms in total. The van der Waals surface area contributed by atoms with Gasteiger partial charge in [-0.1, -0.05) is 12.1 Å². The fourth-order valence-corrected chi connectivity index (χ4v) is 2.27. The number of rotatable bonds is 4. The molecule has 0 aliphatic carbocycles. The molecule has 0 fully saturated rings. The summed E-state index contributed by atoms with van der Waals surface area (Å²) in [6, 6.07) is 11.3. The number of fused-ring (bicyclic) bond motifs is 1. The van der Waals surface area contributed by atoms with Crippen molar-refractivity contribution in [3.05, 3.63) is 59.2 Å². The third-order valence-corrected chi connectivity index (χ3v) is 3.34. The van der Waals surface area contributed by atoms with Gasteiger partial charge in [0.2, 0.25) is 0 Å². The third-order valence-electron chi connectivity index (χ3n) is 3.34. The molecule has 2 aromatic carbocycles. The summed E-state index contributed by atoms with van der Waals surface area (Å²) in [7, 11) is 0. The van der Waals surface area contributed by atoms with Crippen LogP contribution in [0.5, 0.6) is 5.75 Å². The zero-order valence-corrected chi connectivity index (χ0v) is 12.3. The van der Waals surface area contributed by atoms with E-state index in [0.29, 0.717) is 18.0 Å². The number of anilines is 1. The predicted molar refractivity (Wildman–Crippen MR) is 81.8 cm³/mol. The zero-order chi connectivity index (χ0) is 16.4. The van der Waals surface area contributed by atoms with Gasteiger partial charge in [-0.2, -0.15) is 0 Å². The Morgan fingerprint density at radius 1 is 1.09 bits per heavy atom. The lowest BCUT2D eigenvalue weighted by Gasteiger charge is -2.11. The Balaban J connectivity index is 1.86. The average Bonchev–Trinajstić information content (AvgIpc) is 2.83. The number of ether oxygens (including phenoxy) is 2. The van der Waals surface area contributed by atoms with Crippen LogP contribution in [-0.2, 0) is 4.74 Å². The smallest absolute Gasteiger partial charge is 0.346 e. The van der Waals surface area contributed by atoms with Crippen molar-refractivity contribution in [1.29, 1.82) is 0 Å². The Morgan fingerprint density at radius 2 is 1.83 bits per heavy atom. The molecule has 1 heterocycles. The highest BCUT2D eigenvalue weighted by Gasteiger charge is 2.30. The Kier molecular flexibility index (Phi) is 3.80. The van der Waals surface area contributed by atoms with Crippen LogP contribution in [0.3, 0.4) is 0 Å². The van der Waals surface area contributed by atoms with E-state index in [1.54, 1.807) is 24.3 Å². The summed E-state index contributed by atoms with van der Waals surface area (Å²) in [6.07, 6.45) is 0. The largest absolute Gasteiger partial charge is 0.492 e. The van der Waals surface area contributed by atoms with Crippen molar-refractivity contribution in [2.75, 3.05) is 11.9 Å². The van der Waals surface area contributed by atoms with Gasteiger partial charge >= 0.3 is 11.9 Å². The number of carbonyl (C=O) groups is 3. The molecule has 0 radical (unpaired) electrons. The van der Waals surface area contributed by atoms with E-state index in [9.17, 15) is 14.4 Å². The maximum atomic E-state index is 12.4. The Bertz CT molecular complexity index is 812. The maximum Gasteiger partial charge on any atom is 0.346 e. The monoisotopic (exact) mass is 311 g/mol. The molecule has 0 saturated heterocycles. The van der Waals surface area contributed by atoms with Crippen molar-refractivity contribution < 1.29 is 23.9 Å². The van der Waals surface area contributed by atoms with Gasteiger partial charge in [0.05, 0.1) is 23.4 Å². The minimum atomic E-state index is -0.741. The Hall–Kier alpha value is -3.15. The predicted octanol–water partition coefficient (Wildman–Crippen LogP) is 2.65. The molecule has 0 unspecified atom stereocenters. The standard InChI is InChI=1S/C17H13NO5/c1-2-22-14-6-4-3-5-13(14)18-15(19)10-7-8-11-12(9-10)17(21)23-16(11)20/h3-9H,2H2,1H3,(H,18,19). The van der Waals surface area contributed by atoms with Crippen LogP contribution in [0.1, 0.15) is 38.0 Å². The zero-order valence-electron chi connectivity index (χ0n) is 12.3. The van der Waals surface area contributed by atoms with Crippen molar-refractivity contribution in [2.24, 2.45) is 0 Å². The van der Waals surface area contributed by atoms with Gasteiger partial charge in [0, 0.05) is 5.56 Å². The van der Waals surface area contributed by atoms with Crippen LogP contribution in [0.2, 0.25) is 0 Å². The van der Waals surface area contributed by atoms with Gasteiger partial charge in [-0.15, -0.1) is 0 Å². The molecule has 1 amide bonds. The van der Waals surface area contributed by atoms with Gasteiger partial charge < -0.3 is 14.8 Å². The van der Waals surface area contributed by atoms with Crippen LogP contribution in [-0.4, -0.2) is 24.5 Å². The number of cyclic esters (lactones) is 2. The van der Waals surface area contributed by atoms with E-state index in [2.05, 4.69) is 10.1 Å². The molecule has 1 aliphatic rings. The van der Waals surface area contributed by atoms with Crippen LogP contribution >= 0.6 is 0 Å². The van der Waals surface area contributed by atoms with Crippen LogP contribution in [0, 0.1) is 0 Å². The number of carbonyl (C=O) groups excluding carboxylic acids is 3. The third kappa shape index (κ3) is 2.78. The topological polar surface area (TPSA) is 81.7 Å². The second-order valence-corrected chi connectivity index (χ2v) is 4.82. The quantitative estimate of drug-likeness (QED) is 0.693. The first kappa shape index (κ1) is 14.8. The SMILES string of the molecule is CCOc1ccccc1NC(=O)c1ccc2c(c1)C(=O)OC2=O. The van der Waals surface area contributed by atoms with E-state index in [1.165, 1.54) is 18.2 Å². The molecule has 116 valence electrons. The molecule has 1 N–H and O–H groups in total. The lowest BCUT2D eigenvalue weighted by atomic mass is 10.1. The van der Waals surface area contributed by atoms with Crippen LogP contribution in [0.4, 0.5) is 5.69 Å². The van der Waals surface area contributed by atoms with E-state index in [0.717, 1.165) is 0 Å². The first-order valence-electron chi connectivity index (χ1n) is 7.04. The number of nitrogens with one attached hydrogen (secondary N) is 1. The van der Waals surface area contributed by atoms with Crippen molar-refractivity contribution in [2.45, 2.75) is 6.92 Å². The second kappa shape index (κ2) is 5.92. The van der Waals surface area contributed by atoms with Crippen molar-refractivity contribution in [1.82, 2.24) is 0 Å². The number of para-hydroxylation sites is 2. The molecule has 3 rings (SSSR count). The second-order valence-electron chi connectivity index (χ2n) is 4.82. The van der Waals surface area contributed by atoms with Gasteiger partial charge in [-0.25, -0.2) is 9.59 Å². The normalized spacial score (nSPS) is 12.6. The van der Waals surface area contributed by atoms with E-state index < -0.39 is 17.8 Å². The number of benzene rings is 2. The van der Waals surface area contributed by atoms with Crippen molar-refractivity contribution in [3.8, 4) is 5.75 Å².